The molecule has 2 heterocycles. The van der Waals surface area contributed by atoms with Crippen LogP contribution in [0.3, 0.4) is 0 Å². The maximum atomic E-state index is 13.0. The largest absolute Gasteiger partial charge is 0.497 e. The van der Waals surface area contributed by atoms with Crippen LogP contribution in [0.2, 0.25) is 0 Å². The van der Waals surface area contributed by atoms with Gasteiger partial charge in [0.2, 0.25) is 0 Å². The van der Waals surface area contributed by atoms with Crippen LogP contribution in [-0.2, 0) is 16.6 Å². The molecule has 0 spiro atoms. The number of rotatable bonds is 10. The van der Waals surface area contributed by atoms with Crippen LogP contribution >= 0.6 is 11.3 Å². The van der Waals surface area contributed by atoms with Crippen molar-refractivity contribution in [3.05, 3.63) is 46.8 Å². The van der Waals surface area contributed by atoms with Crippen molar-refractivity contribution in [2.45, 2.75) is 49.4 Å². The minimum absolute atomic E-state index is 0.227. The van der Waals surface area contributed by atoms with Crippen LogP contribution < -0.4 is 15.4 Å². The van der Waals surface area contributed by atoms with Crippen LogP contribution in [0.4, 0.5) is 0 Å². The first kappa shape index (κ1) is 23.7. The summed E-state index contributed by atoms with van der Waals surface area (Å²) < 4.78 is 33.1. The Bertz CT molecular complexity index is 967. The van der Waals surface area contributed by atoms with Crippen molar-refractivity contribution in [3.63, 3.8) is 0 Å². The summed E-state index contributed by atoms with van der Waals surface area (Å²) in [5.74, 6) is 0.385. The average molecular weight is 466 g/mol. The molecule has 2 aromatic rings. The lowest BCUT2D eigenvalue weighted by Gasteiger charge is -2.31. The Morgan fingerprint density at radius 1 is 1.23 bits per heavy atom. The number of carbonyl (C=O) groups is 1. The maximum Gasteiger partial charge on any atom is 0.252 e. The van der Waals surface area contributed by atoms with Crippen LogP contribution in [0.1, 0.15) is 47.8 Å². The molecule has 1 aromatic heterocycles. The molecule has 31 heavy (non-hydrogen) atoms. The number of piperidine rings is 1. The molecule has 1 aliphatic rings. The summed E-state index contributed by atoms with van der Waals surface area (Å²) in [6.07, 6.45) is 3.96. The Balaban J connectivity index is 1.54. The molecular weight excluding hydrogens is 434 g/mol. The van der Waals surface area contributed by atoms with Gasteiger partial charge in [0.05, 0.1) is 13.7 Å². The summed E-state index contributed by atoms with van der Waals surface area (Å²) in [5, 5.41) is 6.36. The molecule has 1 fully saturated rings. The molecule has 7 nitrogen and oxygen atoms in total. The number of nitrogens with zero attached hydrogens (tertiary/aromatic N) is 1. The van der Waals surface area contributed by atoms with Crippen molar-refractivity contribution in [3.8, 4) is 5.75 Å². The van der Waals surface area contributed by atoms with Gasteiger partial charge in [0.1, 0.15) is 9.96 Å². The number of benzene rings is 1. The predicted octanol–water partition coefficient (Wildman–Crippen LogP) is 3.23. The van der Waals surface area contributed by atoms with Gasteiger partial charge in [-0.3, -0.25) is 4.79 Å². The van der Waals surface area contributed by atoms with E-state index < -0.39 is 10.0 Å². The van der Waals surface area contributed by atoms with Crippen molar-refractivity contribution in [2.24, 2.45) is 0 Å². The summed E-state index contributed by atoms with van der Waals surface area (Å²) in [5.41, 5.74) is 0.499. The number of hydrogen-bond donors (Lipinski definition) is 2. The highest BCUT2D eigenvalue weighted by Gasteiger charge is 2.30. The lowest BCUT2D eigenvalue weighted by Crippen LogP contribution is -2.44. The SMILES string of the molecule is CCCCNC1CCN(S(=O)(=O)c2ccc(CNC(=O)c3cccc(OC)c3)s2)CC1. The van der Waals surface area contributed by atoms with Gasteiger partial charge in [-0.1, -0.05) is 19.4 Å². The molecule has 0 aliphatic carbocycles. The molecule has 9 heteroatoms. The molecule has 0 atom stereocenters. The number of nitrogens with one attached hydrogen (secondary N) is 2. The van der Waals surface area contributed by atoms with E-state index in [1.165, 1.54) is 11.3 Å². The molecule has 0 radical (unpaired) electrons. The van der Waals surface area contributed by atoms with Crippen molar-refractivity contribution in [1.82, 2.24) is 14.9 Å². The smallest absolute Gasteiger partial charge is 0.252 e. The van der Waals surface area contributed by atoms with E-state index in [9.17, 15) is 13.2 Å². The van der Waals surface area contributed by atoms with E-state index in [-0.39, 0.29) is 12.5 Å². The Labute approximate surface area is 188 Å². The number of carbonyl (C=O) groups excluding carboxylic acids is 1. The van der Waals surface area contributed by atoms with Gasteiger partial charge in [0.25, 0.3) is 15.9 Å². The zero-order valence-corrected chi connectivity index (χ0v) is 19.7. The lowest BCUT2D eigenvalue weighted by atomic mass is 10.1. The molecule has 0 unspecified atom stereocenters. The molecule has 0 bridgehead atoms. The summed E-state index contributed by atoms with van der Waals surface area (Å²) >= 11 is 1.21. The third kappa shape index (κ3) is 6.29. The van der Waals surface area contributed by atoms with E-state index in [4.69, 9.17) is 4.74 Å². The van der Waals surface area contributed by atoms with Crippen molar-refractivity contribution >= 4 is 27.3 Å². The summed E-state index contributed by atoms with van der Waals surface area (Å²) in [6.45, 7) is 4.50. The number of hydrogen-bond acceptors (Lipinski definition) is 6. The van der Waals surface area contributed by atoms with Gasteiger partial charge < -0.3 is 15.4 Å². The lowest BCUT2D eigenvalue weighted by molar-refractivity contribution is 0.0951. The van der Waals surface area contributed by atoms with Crippen LogP contribution in [0.15, 0.2) is 40.6 Å². The first-order valence-corrected chi connectivity index (χ1v) is 12.9. The zero-order chi connectivity index (χ0) is 22.3. The Kier molecular flexibility index (Phi) is 8.48. The minimum atomic E-state index is -3.49. The minimum Gasteiger partial charge on any atom is -0.497 e. The van der Waals surface area contributed by atoms with Crippen LogP contribution in [0.25, 0.3) is 0 Å². The fraction of sp³-hybridized carbons (Fsp3) is 0.500. The van der Waals surface area contributed by atoms with Gasteiger partial charge in [-0.15, -0.1) is 11.3 Å². The monoisotopic (exact) mass is 465 g/mol. The molecule has 1 aromatic carbocycles. The van der Waals surface area contributed by atoms with Crippen molar-refractivity contribution in [1.29, 1.82) is 0 Å². The Hall–Kier alpha value is -1.94. The van der Waals surface area contributed by atoms with E-state index in [1.807, 2.05) is 0 Å². The second-order valence-electron chi connectivity index (χ2n) is 7.62. The Morgan fingerprint density at radius 2 is 2.00 bits per heavy atom. The number of amides is 1. The first-order chi connectivity index (χ1) is 14.9. The maximum absolute atomic E-state index is 13.0. The molecule has 0 saturated carbocycles. The molecule has 1 aliphatic heterocycles. The van der Waals surface area contributed by atoms with Gasteiger partial charge in [-0.2, -0.15) is 4.31 Å². The number of thiophene rings is 1. The van der Waals surface area contributed by atoms with Gasteiger partial charge in [0, 0.05) is 29.6 Å². The van der Waals surface area contributed by atoms with E-state index >= 15 is 0 Å². The normalized spacial score (nSPS) is 15.7. The second kappa shape index (κ2) is 11.1. The van der Waals surface area contributed by atoms with Crippen LogP contribution in [0.5, 0.6) is 5.75 Å². The number of unbranched alkanes of at least 4 members (excludes halogenated alkanes) is 1. The fourth-order valence-corrected chi connectivity index (χ4v) is 6.46. The van der Waals surface area contributed by atoms with Gasteiger partial charge in [-0.25, -0.2) is 8.42 Å². The van der Waals surface area contributed by atoms with Crippen LogP contribution in [-0.4, -0.2) is 51.4 Å². The number of sulfonamides is 1. The average Bonchev–Trinajstić information content (AvgIpc) is 3.28. The fourth-order valence-electron chi connectivity index (χ4n) is 3.54. The Morgan fingerprint density at radius 3 is 2.71 bits per heavy atom. The highest BCUT2D eigenvalue weighted by atomic mass is 32.2. The van der Waals surface area contributed by atoms with Crippen molar-refractivity contribution < 1.29 is 17.9 Å². The quantitative estimate of drug-likeness (QED) is 0.526. The topological polar surface area (TPSA) is 87.7 Å². The molecule has 1 amide bonds. The van der Waals surface area contributed by atoms with Crippen molar-refractivity contribution in [2.75, 3.05) is 26.7 Å². The van der Waals surface area contributed by atoms with E-state index in [0.717, 1.165) is 37.1 Å². The van der Waals surface area contributed by atoms with Gasteiger partial charge in [-0.05, 0) is 56.1 Å². The molecular formula is C22H31N3O4S2. The first-order valence-electron chi connectivity index (χ1n) is 10.7. The number of ether oxygens (including phenoxy) is 1. The van der Waals surface area contributed by atoms with Gasteiger partial charge in [0.15, 0.2) is 0 Å². The molecule has 3 rings (SSSR count). The molecule has 170 valence electrons. The van der Waals surface area contributed by atoms with Crippen LogP contribution in [0, 0.1) is 0 Å². The third-order valence-electron chi connectivity index (χ3n) is 5.40. The van der Waals surface area contributed by atoms with E-state index in [1.54, 1.807) is 47.8 Å². The second-order valence-corrected chi connectivity index (χ2v) is 11.0. The molecule has 1 saturated heterocycles. The van der Waals surface area contributed by atoms with E-state index in [0.29, 0.717) is 34.7 Å². The van der Waals surface area contributed by atoms with Gasteiger partial charge >= 0.3 is 0 Å². The highest BCUT2D eigenvalue weighted by Crippen LogP contribution is 2.27. The summed E-state index contributed by atoms with van der Waals surface area (Å²) in [6, 6.07) is 10.7. The third-order valence-corrected chi connectivity index (χ3v) is 8.85. The van der Waals surface area contributed by atoms with E-state index in [2.05, 4.69) is 17.6 Å². The standard InChI is InChI=1S/C22H31N3O4S2/c1-3-4-12-23-18-10-13-25(14-11-18)31(27,28)21-9-8-20(30-21)16-24-22(26)17-6-5-7-19(15-17)29-2/h5-9,15,18,23H,3-4,10-14,16H2,1-2H3,(H,24,26). The summed E-state index contributed by atoms with van der Waals surface area (Å²) in [4.78, 5) is 13.2. The predicted molar refractivity (Wildman–Crippen MR) is 123 cm³/mol. The summed E-state index contributed by atoms with van der Waals surface area (Å²) in [7, 11) is -1.94. The molecule has 2 N–H and O–H groups in total. The zero-order valence-electron chi connectivity index (χ0n) is 18.1. The number of methoxy groups -OCH3 is 1. The highest BCUT2D eigenvalue weighted by molar-refractivity contribution is 7.91.